The molecule has 0 spiro atoms. The van der Waals surface area contributed by atoms with E-state index in [1.807, 2.05) is 0 Å². The number of benzene rings is 1. The molecule has 0 radical (unpaired) electrons. The molecule has 0 aromatic heterocycles. The average Bonchev–Trinajstić information content (AvgIpc) is 2.41. The lowest BCUT2D eigenvalue weighted by Crippen LogP contribution is -2.35. The first kappa shape index (κ1) is 13.0. The van der Waals surface area contributed by atoms with E-state index in [1.165, 1.54) is 13.2 Å². The van der Waals surface area contributed by atoms with Gasteiger partial charge in [0.1, 0.15) is 5.82 Å². The summed E-state index contributed by atoms with van der Waals surface area (Å²) in [4.78, 5) is 13.4. The Labute approximate surface area is 105 Å². The van der Waals surface area contributed by atoms with Crippen LogP contribution in [0.3, 0.4) is 0 Å². The van der Waals surface area contributed by atoms with Crippen LogP contribution < -0.4 is 0 Å². The van der Waals surface area contributed by atoms with E-state index in [0.29, 0.717) is 25.3 Å². The molecule has 1 heterocycles. The second-order valence-electron chi connectivity index (χ2n) is 4.19. The molecule has 98 valence electrons. The summed E-state index contributed by atoms with van der Waals surface area (Å²) in [6.45, 7) is 3.51. The molecule has 0 amide bonds. The molecule has 0 atom stereocenters. The van der Waals surface area contributed by atoms with Gasteiger partial charge in [-0.25, -0.2) is 9.18 Å². The van der Waals surface area contributed by atoms with Gasteiger partial charge in [0.15, 0.2) is 0 Å². The monoisotopic (exact) mass is 253 g/mol. The van der Waals surface area contributed by atoms with Crippen molar-refractivity contribution in [1.29, 1.82) is 0 Å². The molecule has 1 aromatic rings. The van der Waals surface area contributed by atoms with E-state index in [4.69, 9.17) is 4.74 Å². The summed E-state index contributed by atoms with van der Waals surface area (Å²) in [7, 11) is 1.28. The third kappa shape index (κ3) is 3.05. The van der Waals surface area contributed by atoms with Crippen molar-refractivity contribution in [2.75, 3.05) is 33.4 Å². The van der Waals surface area contributed by atoms with Crippen molar-refractivity contribution in [2.45, 2.75) is 6.54 Å². The Bertz CT molecular complexity index is 430. The van der Waals surface area contributed by atoms with E-state index >= 15 is 0 Å². The first-order chi connectivity index (χ1) is 8.70. The second-order valence-corrected chi connectivity index (χ2v) is 4.19. The van der Waals surface area contributed by atoms with Crippen LogP contribution >= 0.6 is 0 Å². The maximum Gasteiger partial charge on any atom is 0.337 e. The zero-order valence-electron chi connectivity index (χ0n) is 10.3. The fraction of sp³-hybridized carbons (Fsp3) is 0.462. The van der Waals surface area contributed by atoms with Crippen molar-refractivity contribution in [3.63, 3.8) is 0 Å². The molecule has 1 fully saturated rings. The fourth-order valence-corrected chi connectivity index (χ4v) is 1.92. The van der Waals surface area contributed by atoms with Crippen LogP contribution in [0.5, 0.6) is 0 Å². The molecule has 0 unspecified atom stereocenters. The first-order valence-electron chi connectivity index (χ1n) is 5.87. The number of esters is 1. The van der Waals surface area contributed by atoms with E-state index in [0.717, 1.165) is 13.1 Å². The molecule has 1 aliphatic heterocycles. The largest absolute Gasteiger partial charge is 0.465 e. The molecule has 0 bridgehead atoms. The van der Waals surface area contributed by atoms with Crippen LogP contribution in [0.1, 0.15) is 15.9 Å². The number of carbonyl (C=O) groups is 1. The van der Waals surface area contributed by atoms with Gasteiger partial charge in [-0.05, 0) is 12.1 Å². The zero-order valence-corrected chi connectivity index (χ0v) is 10.3. The predicted molar refractivity (Wildman–Crippen MR) is 63.8 cm³/mol. The van der Waals surface area contributed by atoms with Gasteiger partial charge in [0.2, 0.25) is 0 Å². The lowest BCUT2D eigenvalue weighted by molar-refractivity contribution is 0.0337. The van der Waals surface area contributed by atoms with Crippen molar-refractivity contribution >= 4 is 5.97 Å². The summed E-state index contributed by atoms with van der Waals surface area (Å²) in [5, 5.41) is 0. The zero-order chi connectivity index (χ0) is 13.0. The van der Waals surface area contributed by atoms with Gasteiger partial charge in [0.25, 0.3) is 0 Å². The number of methoxy groups -OCH3 is 1. The number of carbonyl (C=O) groups excluding carboxylic acids is 1. The molecular weight excluding hydrogens is 237 g/mol. The molecule has 2 rings (SSSR count). The van der Waals surface area contributed by atoms with Gasteiger partial charge in [-0.1, -0.05) is 6.07 Å². The molecule has 1 aliphatic rings. The summed E-state index contributed by atoms with van der Waals surface area (Å²) in [5.74, 6) is -0.892. The normalized spacial score (nSPS) is 16.6. The van der Waals surface area contributed by atoms with Crippen molar-refractivity contribution in [3.05, 3.63) is 35.1 Å². The second kappa shape index (κ2) is 5.93. The molecular formula is C13H16FNO3. The molecule has 0 N–H and O–H groups in total. The van der Waals surface area contributed by atoms with Gasteiger partial charge in [-0.15, -0.1) is 0 Å². The van der Waals surface area contributed by atoms with Crippen molar-refractivity contribution in [1.82, 2.24) is 4.90 Å². The Kier molecular flexibility index (Phi) is 4.28. The minimum atomic E-state index is -0.521. The smallest absolute Gasteiger partial charge is 0.337 e. The van der Waals surface area contributed by atoms with Crippen molar-refractivity contribution < 1.29 is 18.7 Å². The van der Waals surface area contributed by atoms with Crippen LogP contribution in [0.25, 0.3) is 0 Å². The maximum atomic E-state index is 13.8. The fourth-order valence-electron chi connectivity index (χ4n) is 1.92. The quantitative estimate of drug-likeness (QED) is 0.764. The number of halogens is 1. The molecule has 4 nitrogen and oxygen atoms in total. The van der Waals surface area contributed by atoms with E-state index in [-0.39, 0.29) is 11.4 Å². The summed E-state index contributed by atoms with van der Waals surface area (Å²) in [5.41, 5.74) is 0.824. The predicted octanol–water partition coefficient (Wildman–Crippen LogP) is 1.44. The number of nitrogens with zero attached hydrogens (tertiary/aromatic N) is 1. The molecule has 5 heteroatoms. The van der Waals surface area contributed by atoms with Crippen LogP contribution in [-0.4, -0.2) is 44.3 Å². The molecule has 1 aromatic carbocycles. The third-order valence-electron chi connectivity index (χ3n) is 2.97. The van der Waals surface area contributed by atoms with Crippen molar-refractivity contribution in [2.24, 2.45) is 0 Å². The lowest BCUT2D eigenvalue weighted by atomic mass is 10.1. The minimum absolute atomic E-state index is 0.237. The van der Waals surface area contributed by atoms with E-state index in [1.54, 1.807) is 12.1 Å². The highest BCUT2D eigenvalue weighted by atomic mass is 19.1. The molecule has 18 heavy (non-hydrogen) atoms. The topological polar surface area (TPSA) is 38.8 Å². The van der Waals surface area contributed by atoms with Gasteiger partial charge in [0.05, 0.1) is 25.9 Å². The Balaban J connectivity index is 2.07. The molecule has 0 saturated carbocycles. The summed E-state index contributed by atoms with van der Waals surface area (Å²) >= 11 is 0. The van der Waals surface area contributed by atoms with Gasteiger partial charge >= 0.3 is 5.97 Å². The highest BCUT2D eigenvalue weighted by Gasteiger charge is 2.14. The highest BCUT2D eigenvalue weighted by molar-refractivity contribution is 5.89. The van der Waals surface area contributed by atoms with E-state index in [9.17, 15) is 9.18 Å². The van der Waals surface area contributed by atoms with Crippen molar-refractivity contribution in [3.8, 4) is 0 Å². The summed E-state index contributed by atoms with van der Waals surface area (Å²) in [6.07, 6.45) is 0. The van der Waals surface area contributed by atoms with Crippen LogP contribution in [0, 0.1) is 5.82 Å². The number of morpholine rings is 1. The summed E-state index contributed by atoms with van der Waals surface area (Å²) < 4.78 is 23.6. The van der Waals surface area contributed by atoms with Gasteiger partial charge in [-0.3, -0.25) is 4.90 Å². The average molecular weight is 253 g/mol. The van der Waals surface area contributed by atoms with E-state index in [2.05, 4.69) is 9.64 Å². The van der Waals surface area contributed by atoms with Crippen LogP contribution in [-0.2, 0) is 16.0 Å². The Morgan fingerprint density at radius 1 is 1.44 bits per heavy atom. The number of ether oxygens (including phenoxy) is 2. The van der Waals surface area contributed by atoms with E-state index < -0.39 is 5.97 Å². The molecule has 0 aliphatic carbocycles. The van der Waals surface area contributed by atoms with Crippen LogP contribution in [0.4, 0.5) is 4.39 Å². The van der Waals surface area contributed by atoms with Gasteiger partial charge in [-0.2, -0.15) is 0 Å². The van der Waals surface area contributed by atoms with Gasteiger partial charge in [0, 0.05) is 25.2 Å². The molecule has 1 saturated heterocycles. The lowest BCUT2D eigenvalue weighted by Gasteiger charge is -2.26. The SMILES string of the molecule is COC(=O)c1ccc(CN2CCOCC2)c(F)c1. The maximum absolute atomic E-state index is 13.8. The van der Waals surface area contributed by atoms with Crippen LogP contribution in [0.2, 0.25) is 0 Å². The highest BCUT2D eigenvalue weighted by Crippen LogP contribution is 2.14. The first-order valence-corrected chi connectivity index (χ1v) is 5.87. The number of hydrogen-bond acceptors (Lipinski definition) is 4. The standard InChI is InChI=1S/C13H16FNO3/c1-17-13(16)10-2-3-11(12(14)8-10)9-15-4-6-18-7-5-15/h2-3,8H,4-7,9H2,1H3. The van der Waals surface area contributed by atoms with Gasteiger partial charge < -0.3 is 9.47 Å². The Morgan fingerprint density at radius 2 is 2.17 bits per heavy atom. The third-order valence-corrected chi connectivity index (χ3v) is 2.97. The van der Waals surface area contributed by atoms with Crippen LogP contribution in [0.15, 0.2) is 18.2 Å². The number of hydrogen-bond donors (Lipinski definition) is 0. The summed E-state index contributed by atoms with van der Waals surface area (Å²) in [6, 6.07) is 4.45. The minimum Gasteiger partial charge on any atom is -0.465 e. The Hall–Kier alpha value is -1.46. The Morgan fingerprint density at radius 3 is 2.78 bits per heavy atom. The number of rotatable bonds is 3.